The third kappa shape index (κ3) is 3.26. The van der Waals surface area contributed by atoms with Crippen molar-refractivity contribution in [1.82, 2.24) is 4.90 Å². The predicted molar refractivity (Wildman–Crippen MR) is 77.7 cm³/mol. The molecule has 0 aliphatic carbocycles. The summed E-state index contributed by atoms with van der Waals surface area (Å²) in [5.74, 6) is -0.182. The molecule has 1 aliphatic heterocycles. The predicted octanol–water partition coefficient (Wildman–Crippen LogP) is 3.32. The fraction of sp³-hybridized carbons (Fsp3) is 0.500. The van der Waals surface area contributed by atoms with Crippen LogP contribution >= 0.6 is 15.9 Å². The number of rotatable bonds is 3. The second kappa shape index (κ2) is 5.90. The quantitative estimate of drug-likeness (QED) is 0.923. The largest absolute Gasteiger partial charge is 0.374 e. The zero-order chi connectivity index (χ0) is 14.0. The van der Waals surface area contributed by atoms with Crippen LogP contribution in [0.2, 0.25) is 0 Å². The average molecular weight is 329 g/mol. The van der Waals surface area contributed by atoms with Gasteiger partial charge >= 0.3 is 0 Å². The Hall–Kier alpha value is -1.10. The average Bonchev–Trinajstić information content (AvgIpc) is 2.88. The van der Waals surface area contributed by atoms with Crippen molar-refractivity contribution >= 4 is 27.5 Å². The van der Waals surface area contributed by atoms with Crippen LogP contribution in [0.5, 0.6) is 0 Å². The molecule has 2 rings (SSSR count). The van der Waals surface area contributed by atoms with E-state index in [9.17, 15) is 9.18 Å². The van der Waals surface area contributed by atoms with Gasteiger partial charge in [-0.2, -0.15) is 0 Å². The second-order valence-corrected chi connectivity index (χ2v) is 5.83. The number of anilines is 1. The lowest BCUT2D eigenvalue weighted by Crippen LogP contribution is -2.39. The minimum Gasteiger partial charge on any atom is -0.374 e. The standard InChI is InChI=1S/C14H18BrFN2O/c1-9-7-12(16)11(15)8-13(9)17-10(2)14(19)18-5-3-4-6-18/h7-8,10,17H,3-6H2,1-2H3. The summed E-state index contributed by atoms with van der Waals surface area (Å²) in [6.45, 7) is 5.36. The lowest BCUT2D eigenvalue weighted by atomic mass is 10.1. The fourth-order valence-electron chi connectivity index (χ4n) is 2.31. The normalized spacial score (nSPS) is 16.5. The molecule has 0 aromatic heterocycles. The van der Waals surface area contributed by atoms with E-state index < -0.39 is 0 Å². The zero-order valence-electron chi connectivity index (χ0n) is 11.2. The molecule has 0 saturated carbocycles. The Balaban J connectivity index is 2.08. The first-order valence-electron chi connectivity index (χ1n) is 6.50. The second-order valence-electron chi connectivity index (χ2n) is 4.98. The number of amides is 1. The van der Waals surface area contributed by atoms with Gasteiger partial charge in [-0.3, -0.25) is 4.79 Å². The molecule has 19 heavy (non-hydrogen) atoms. The summed E-state index contributed by atoms with van der Waals surface area (Å²) in [5.41, 5.74) is 1.58. The Bertz CT molecular complexity index is 487. The van der Waals surface area contributed by atoms with Crippen molar-refractivity contribution in [2.24, 2.45) is 0 Å². The number of nitrogens with one attached hydrogen (secondary N) is 1. The van der Waals surface area contributed by atoms with Gasteiger partial charge < -0.3 is 10.2 Å². The monoisotopic (exact) mass is 328 g/mol. The number of nitrogens with zero attached hydrogens (tertiary/aromatic N) is 1. The summed E-state index contributed by atoms with van der Waals surface area (Å²) < 4.78 is 13.8. The van der Waals surface area contributed by atoms with Crippen LogP contribution in [0.25, 0.3) is 0 Å². The summed E-state index contributed by atoms with van der Waals surface area (Å²) in [7, 11) is 0. The Morgan fingerprint density at radius 2 is 2.05 bits per heavy atom. The Morgan fingerprint density at radius 1 is 1.42 bits per heavy atom. The highest BCUT2D eigenvalue weighted by molar-refractivity contribution is 9.10. The van der Waals surface area contributed by atoms with Gasteiger partial charge in [0.2, 0.25) is 5.91 Å². The lowest BCUT2D eigenvalue weighted by molar-refractivity contribution is -0.130. The molecule has 1 unspecified atom stereocenters. The SMILES string of the molecule is Cc1cc(F)c(Br)cc1NC(C)C(=O)N1CCCC1. The van der Waals surface area contributed by atoms with Gasteiger partial charge in [-0.15, -0.1) is 0 Å². The highest BCUT2D eigenvalue weighted by Gasteiger charge is 2.23. The fourth-order valence-corrected chi connectivity index (χ4v) is 2.65. The van der Waals surface area contributed by atoms with Gasteiger partial charge in [-0.1, -0.05) is 0 Å². The summed E-state index contributed by atoms with van der Waals surface area (Å²) >= 11 is 3.16. The maximum absolute atomic E-state index is 13.4. The highest BCUT2D eigenvalue weighted by Crippen LogP contribution is 2.25. The summed E-state index contributed by atoms with van der Waals surface area (Å²) in [6.07, 6.45) is 2.17. The molecule has 1 amide bonds. The first-order valence-corrected chi connectivity index (χ1v) is 7.29. The number of hydrogen-bond acceptors (Lipinski definition) is 2. The van der Waals surface area contributed by atoms with Crippen molar-refractivity contribution in [1.29, 1.82) is 0 Å². The smallest absolute Gasteiger partial charge is 0.244 e. The third-order valence-corrected chi connectivity index (χ3v) is 4.04. The summed E-state index contributed by atoms with van der Waals surface area (Å²) in [4.78, 5) is 14.1. The minimum absolute atomic E-state index is 0.109. The van der Waals surface area contributed by atoms with Gasteiger partial charge in [0.05, 0.1) is 4.47 Å². The van der Waals surface area contributed by atoms with E-state index in [1.54, 1.807) is 6.07 Å². The van der Waals surface area contributed by atoms with Crippen molar-refractivity contribution in [3.8, 4) is 0 Å². The van der Waals surface area contributed by atoms with Crippen molar-refractivity contribution in [2.45, 2.75) is 32.7 Å². The molecule has 1 saturated heterocycles. The molecule has 1 N–H and O–H groups in total. The zero-order valence-corrected chi connectivity index (χ0v) is 12.8. The van der Waals surface area contributed by atoms with Gasteiger partial charge in [0.1, 0.15) is 11.9 Å². The van der Waals surface area contributed by atoms with E-state index >= 15 is 0 Å². The molecule has 0 spiro atoms. The van der Waals surface area contributed by atoms with Crippen LogP contribution in [0.3, 0.4) is 0 Å². The summed E-state index contributed by atoms with van der Waals surface area (Å²) in [5, 5.41) is 3.17. The number of halogens is 2. The Morgan fingerprint density at radius 3 is 2.68 bits per heavy atom. The number of carbonyl (C=O) groups excluding carboxylic acids is 1. The Kier molecular flexibility index (Phi) is 4.45. The molecule has 1 aliphatic rings. The van der Waals surface area contributed by atoms with Crippen molar-refractivity contribution in [3.05, 3.63) is 28.0 Å². The van der Waals surface area contributed by atoms with Gasteiger partial charge in [0, 0.05) is 18.8 Å². The highest BCUT2D eigenvalue weighted by atomic mass is 79.9. The maximum atomic E-state index is 13.4. The van der Waals surface area contributed by atoms with Crippen LogP contribution in [-0.2, 0) is 4.79 Å². The van der Waals surface area contributed by atoms with Crippen LogP contribution in [0.4, 0.5) is 10.1 Å². The molecule has 1 atom stereocenters. The number of hydrogen-bond donors (Lipinski definition) is 1. The van der Waals surface area contributed by atoms with Crippen LogP contribution in [0.1, 0.15) is 25.3 Å². The molecule has 1 heterocycles. The van der Waals surface area contributed by atoms with E-state index in [0.717, 1.165) is 37.2 Å². The van der Waals surface area contributed by atoms with Crippen molar-refractivity contribution < 1.29 is 9.18 Å². The molecule has 0 radical (unpaired) electrons. The molecule has 1 aromatic carbocycles. The molecule has 5 heteroatoms. The number of aryl methyl sites for hydroxylation is 1. The first kappa shape index (κ1) is 14.3. The van der Waals surface area contributed by atoms with Crippen molar-refractivity contribution in [2.75, 3.05) is 18.4 Å². The molecule has 0 bridgehead atoms. The van der Waals surface area contributed by atoms with E-state index in [1.807, 2.05) is 18.7 Å². The van der Waals surface area contributed by atoms with Crippen LogP contribution in [0.15, 0.2) is 16.6 Å². The molecule has 104 valence electrons. The van der Waals surface area contributed by atoms with Crippen LogP contribution in [0, 0.1) is 12.7 Å². The molecule has 3 nitrogen and oxygen atoms in total. The topological polar surface area (TPSA) is 32.3 Å². The van der Waals surface area contributed by atoms with E-state index in [0.29, 0.717) is 4.47 Å². The third-order valence-electron chi connectivity index (χ3n) is 3.43. The molecule has 1 aromatic rings. The van der Waals surface area contributed by atoms with Crippen LogP contribution < -0.4 is 5.32 Å². The number of likely N-dealkylation sites (tertiary alicyclic amines) is 1. The van der Waals surface area contributed by atoms with Crippen molar-refractivity contribution in [3.63, 3.8) is 0 Å². The van der Waals surface area contributed by atoms with E-state index in [-0.39, 0.29) is 17.8 Å². The number of carbonyl (C=O) groups is 1. The molecule has 1 fully saturated rings. The van der Waals surface area contributed by atoms with Gasteiger partial charge in [0.25, 0.3) is 0 Å². The number of benzene rings is 1. The first-order chi connectivity index (χ1) is 8.99. The molecular weight excluding hydrogens is 311 g/mol. The summed E-state index contributed by atoms with van der Waals surface area (Å²) in [6, 6.07) is 2.84. The van der Waals surface area contributed by atoms with E-state index in [4.69, 9.17) is 0 Å². The van der Waals surface area contributed by atoms with Gasteiger partial charge in [-0.05, 0) is 60.3 Å². The molecular formula is C14H18BrFN2O. The van der Waals surface area contributed by atoms with Gasteiger partial charge in [-0.25, -0.2) is 4.39 Å². The Labute approximate surface area is 121 Å². The minimum atomic E-state index is -0.297. The van der Waals surface area contributed by atoms with Crippen LogP contribution in [-0.4, -0.2) is 29.9 Å². The van der Waals surface area contributed by atoms with Gasteiger partial charge in [0.15, 0.2) is 0 Å². The van der Waals surface area contributed by atoms with E-state index in [2.05, 4.69) is 21.2 Å². The van der Waals surface area contributed by atoms with E-state index in [1.165, 1.54) is 6.07 Å². The maximum Gasteiger partial charge on any atom is 0.244 e. The lowest BCUT2D eigenvalue weighted by Gasteiger charge is -2.22.